The van der Waals surface area contributed by atoms with Crippen molar-refractivity contribution in [1.82, 2.24) is 36.2 Å². The minimum absolute atomic E-state index is 0.000721. The molecule has 52 heavy (non-hydrogen) atoms. The van der Waals surface area contributed by atoms with Crippen LogP contribution >= 0.6 is 0 Å². The molecule has 13 heteroatoms. The minimum atomic E-state index is -1.17. The highest BCUT2D eigenvalue weighted by Gasteiger charge is 2.32. The lowest BCUT2D eigenvalue weighted by atomic mass is 9.96. The molecule has 6 N–H and O–H groups in total. The maximum Gasteiger partial charge on any atom is 0.408 e. The van der Waals surface area contributed by atoms with E-state index in [9.17, 15) is 24.3 Å². The number of hydrogen-bond donors (Lipinski definition) is 6. The van der Waals surface area contributed by atoms with Gasteiger partial charge < -0.3 is 36.1 Å². The molecule has 0 bridgehead atoms. The summed E-state index contributed by atoms with van der Waals surface area (Å²) in [5.74, 6) is -1.13. The summed E-state index contributed by atoms with van der Waals surface area (Å²) in [7, 11) is 0. The number of pyridine rings is 1. The number of ether oxygens (including phenoxy) is 1. The second-order valence-electron chi connectivity index (χ2n) is 13.6. The molecule has 2 aromatic heterocycles. The van der Waals surface area contributed by atoms with E-state index < -0.39 is 42.1 Å². The smallest absolute Gasteiger partial charge is 0.408 e. The number of aliphatic hydroxyl groups excluding tert-OH is 1. The van der Waals surface area contributed by atoms with Gasteiger partial charge in [0.1, 0.15) is 18.7 Å². The predicted molar refractivity (Wildman–Crippen MR) is 198 cm³/mol. The lowest BCUT2D eigenvalue weighted by Gasteiger charge is -2.29. The molecule has 0 aliphatic carbocycles. The highest BCUT2D eigenvalue weighted by molar-refractivity contribution is 5.92. The Bertz CT molecular complexity index is 1730. The number of alkyl carbamates (subject to hydrolysis) is 1. The normalized spacial score (nSPS) is 14.1. The number of nitrogens with zero attached hydrogens (tertiary/aromatic N) is 2. The van der Waals surface area contributed by atoms with Gasteiger partial charge in [-0.15, -0.1) is 0 Å². The van der Waals surface area contributed by atoms with Crippen LogP contribution in [0, 0.1) is 11.8 Å². The van der Waals surface area contributed by atoms with Gasteiger partial charge in [-0.25, -0.2) is 9.78 Å². The van der Waals surface area contributed by atoms with Crippen molar-refractivity contribution in [3.8, 4) is 0 Å². The van der Waals surface area contributed by atoms with E-state index in [2.05, 4.69) is 36.2 Å². The number of nitrogens with one attached hydrogen (secondary N) is 5. The monoisotopic (exact) mass is 713 g/mol. The van der Waals surface area contributed by atoms with Crippen molar-refractivity contribution < 1.29 is 29.0 Å². The Morgan fingerprint density at radius 1 is 0.885 bits per heavy atom. The van der Waals surface area contributed by atoms with Crippen molar-refractivity contribution in [2.75, 3.05) is 6.54 Å². The lowest BCUT2D eigenvalue weighted by molar-refractivity contribution is -0.131. The van der Waals surface area contributed by atoms with Crippen LogP contribution in [-0.2, 0) is 38.6 Å². The molecule has 278 valence electrons. The van der Waals surface area contributed by atoms with E-state index in [0.717, 1.165) is 28.5 Å². The zero-order valence-corrected chi connectivity index (χ0v) is 30.3. The number of benzene rings is 2. The van der Waals surface area contributed by atoms with Crippen LogP contribution in [-0.4, -0.2) is 74.6 Å². The van der Waals surface area contributed by atoms with Crippen molar-refractivity contribution in [1.29, 1.82) is 0 Å². The second-order valence-corrected chi connectivity index (χ2v) is 13.6. The molecule has 0 fully saturated rings. The molecular weight excluding hydrogens is 662 g/mol. The van der Waals surface area contributed by atoms with Crippen molar-refractivity contribution in [3.63, 3.8) is 0 Å². The molecule has 2 heterocycles. The molecule has 0 spiro atoms. The molecule has 4 aromatic rings. The van der Waals surface area contributed by atoms with Crippen LogP contribution in [0.1, 0.15) is 63.8 Å². The highest BCUT2D eigenvalue weighted by atomic mass is 16.5. The summed E-state index contributed by atoms with van der Waals surface area (Å²) < 4.78 is 5.46. The largest absolute Gasteiger partial charge is 0.445 e. The average molecular weight is 714 g/mol. The van der Waals surface area contributed by atoms with Gasteiger partial charge in [0.05, 0.1) is 30.4 Å². The molecule has 2 aromatic carbocycles. The first kappa shape index (κ1) is 39.5. The molecule has 3 unspecified atom stereocenters. The van der Waals surface area contributed by atoms with Gasteiger partial charge in [-0.05, 0) is 41.5 Å². The third-order valence-corrected chi connectivity index (χ3v) is 8.85. The number of hydrogen-bond acceptors (Lipinski definition) is 8. The number of aromatic nitrogens is 3. The SMILES string of the molecule is CCC(C)CNC(=O)CC(O)C(CC(C)C)NC(=O)[C@H](Cc1cnc[nH]1)NC(=O)[C@H](Cc1cccc2ncccc12)NC(=O)OCc1ccccc1. The van der Waals surface area contributed by atoms with E-state index in [1.807, 2.05) is 82.3 Å². The molecule has 0 radical (unpaired) electrons. The Labute approximate surface area is 304 Å². The number of aromatic amines is 1. The van der Waals surface area contributed by atoms with E-state index in [1.165, 1.54) is 6.33 Å². The third-order valence-electron chi connectivity index (χ3n) is 8.85. The topological polar surface area (TPSA) is 187 Å². The maximum atomic E-state index is 14.1. The average Bonchev–Trinajstić information content (AvgIpc) is 3.65. The fourth-order valence-electron chi connectivity index (χ4n) is 5.72. The molecular formula is C39H51N7O6. The first-order valence-electron chi connectivity index (χ1n) is 17.8. The summed E-state index contributed by atoms with van der Waals surface area (Å²) >= 11 is 0. The predicted octanol–water partition coefficient (Wildman–Crippen LogP) is 3.97. The summed E-state index contributed by atoms with van der Waals surface area (Å²) in [5, 5.41) is 23.3. The standard InChI is InChI=1S/C39H51N7O6/c1-5-26(4)21-42-36(48)20-35(47)32(17-25(2)3)44-38(50)34(19-29-22-40-24-43-29)45-37(49)33(46-39(51)52-23-27-11-7-6-8-12-27)18-28-13-9-15-31-30(28)14-10-16-41-31/h6-16,22,24-26,32-35,47H,5,17-21,23H2,1-4H3,(H,40,43)(H,42,48)(H,44,50)(H,45,49)(H,46,51)/t26?,32?,33-,34-,35?/m0/s1. The van der Waals surface area contributed by atoms with Crippen LogP contribution < -0.4 is 21.3 Å². The van der Waals surface area contributed by atoms with Gasteiger partial charge >= 0.3 is 6.09 Å². The van der Waals surface area contributed by atoms with Crippen LogP contribution in [0.4, 0.5) is 4.79 Å². The molecule has 13 nitrogen and oxygen atoms in total. The van der Waals surface area contributed by atoms with Gasteiger partial charge in [0.2, 0.25) is 17.7 Å². The Hall–Kier alpha value is -5.30. The van der Waals surface area contributed by atoms with Crippen LogP contribution in [0.3, 0.4) is 0 Å². The number of amides is 4. The molecule has 4 rings (SSSR count). The van der Waals surface area contributed by atoms with E-state index in [1.54, 1.807) is 18.5 Å². The van der Waals surface area contributed by atoms with Crippen molar-refractivity contribution in [2.45, 2.75) is 90.6 Å². The van der Waals surface area contributed by atoms with Gasteiger partial charge in [-0.2, -0.15) is 0 Å². The number of rotatable bonds is 19. The molecule has 5 atom stereocenters. The Balaban J connectivity index is 1.54. The molecule has 0 saturated carbocycles. The number of H-pyrrole nitrogens is 1. The zero-order chi connectivity index (χ0) is 37.5. The van der Waals surface area contributed by atoms with Crippen molar-refractivity contribution >= 4 is 34.7 Å². The van der Waals surface area contributed by atoms with Crippen LogP contribution in [0.5, 0.6) is 0 Å². The first-order valence-corrected chi connectivity index (χ1v) is 17.8. The number of aliphatic hydroxyl groups is 1. The molecule has 0 saturated heterocycles. The van der Waals surface area contributed by atoms with Gasteiger partial charge in [0.15, 0.2) is 0 Å². The summed E-state index contributed by atoms with van der Waals surface area (Å²) in [6, 6.07) is 15.3. The molecule has 4 amide bonds. The highest BCUT2D eigenvalue weighted by Crippen LogP contribution is 2.19. The Morgan fingerprint density at radius 3 is 2.35 bits per heavy atom. The van der Waals surface area contributed by atoms with Gasteiger partial charge in [0, 0.05) is 42.9 Å². The third kappa shape index (κ3) is 12.5. The number of fused-ring (bicyclic) bond motifs is 1. The Morgan fingerprint density at radius 2 is 1.63 bits per heavy atom. The lowest BCUT2D eigenvalue weighted by Crippen LogP contribution is -2.57. The number of imidazole rings is 1. The van der Waals surface area contributed by atoms with Gasteiger partial charge in [-0.1, -0.05) is 82.6 Å². The van der Waals surface area contributed by atoms with Gasteiger partial charge in [0.25, 0.3) is 0 Å². The van der Waals surface area contributed by atoms with Crippen molar-refractivity contribution in [3.05, 3.63) is 96.2 Å². The second kappa shape index (κ2) is 19.9. The van der Waals surface area contributed by atoms with Crippen LogP contribution in [0.2, 0.25) is 0 Å². The number of carbonyl (C=O) groups is 4. The summed E-state index contributed by atoms with van der Waals surface area (Å²) in [6.07, 6.45) is 3.95. The zero-order valence-electron chi connectivity index (χ0n) is 30.3. The molecule has 0 aliphatic heterocycles. The Kier molecular flexibility index (Phi) is 15.1. The minimum Gasteiger partial charge on any atom is -0.445 e. The van der Waals surface area contributed by atoms with E-state index in [0.29, 0.717) is 24.6 Å². The first-order chi connectivity index (χ1) is 25.0. The molecule has 0 aliphatic rings. The summed E-state index contributed by atoms with van der Waals surface area (Å²) in [4.78, 5) is 65.3. The van der Waals surface area contributed by atoms with Crippen molar-refractivity contribution in [2.24, 2.45) is 11.8 Å². The van der Waals surface area contributed by atoms with E-state index >= 15 is 0 Å². The van der Waals surface area contributed by atoms with Crippen LogP contribution in [0.15, 0.2) is 79.4 Å². The summed E-state index contributed by atoms with van der Waals surface area (Å²) in [5.41, 5.74) is 2.85. The van der Waals surface area contributed by atoms with E-state index in [-0.39, 0.29) is 37.7 Å². The van der Waals surface area contributed by atoms with E-state index in [4.69, 9.17) is 4.74 Å². The maximum absolute atomic E-state index is 14.1. The number of carbonyl (C=O) groups excluding carboxylic acids is 4. The fourth-order valence-corrected chi connectivity index (χ4v) is 5.72. The summed E-state index contributed by atoms with van der Waals surface area (Å²) in [6.45, 7) is 8.46. The quantitative estimate of drug-likeness (QED) is 0.0843. The van der Waals surface area contributed by atoms with Crippen LogP contribution in [0.25, 0.3) is 10.9 Å². The fraction of sp³-hybridized carbons (Fsp3) is 0.436. The van der Waals surface area contributed by atoms with Gasteiger partial charge in [-0.3, -0.25) is 19.4 Å².